The van der Waals surface area contributed by atoms with Gasteiger partial charge in [-0.05, 0) is 11.6 Å². The van der Waals surface area contributed by atoms with E-state index in [-0.39, 0.29) is 11.4 Å². The fourth-order valence-corrected chi connectivity index (χ4v) is 1.22. The molecule has 1 aromatic heterocycles. The van der Waals surface area contributed by atoms with Crippen LogP contribution in [-0.4, -0.2) is 21.2 Å². The second-order valence-corrected chi connectivity index (χ2v) is 2.91. The third kappa shape index (κ3) is 2.33. The first-order chi connectivity index (χ1) is 6.97. The number of nitrogens with zero attached hydrogens (tertiary/aromatic N) is 1. The lowest BCUT2D eigenvalue weighted by atomic mass is 10.2. The lowest BCUT2D eigenvalue weighted by Gasteiger charge is -2.07. The Morgan fingerprint density at radius 3 is 2.60 bits per heavy atom. The van der Waals surface area contributed by atoms with E-state index in [1.165, 1.54) is 0 Å². The van der Waals surface area contributed by atoms with E-state index in [2.05, 4.69) is 4.98 Å². The van der Waals surface area contributed by atoms with Gasteiger partial charge in [0.05, 0.1) is 0 Å². The van der Waals surface area contributed by atoms with Crippen LogP contribution in [0.1, 0.15) is 28.2 Å². The fraction of sp³-hybridized carbons (Fsp3) is 0.250. The first-order valence-corrected chi connectivity index (χ1v) is 4.31. The predicted octanol–water partition coefficient (Wildman–Crippen LogP) is 2.16. The maximum absolute atomic E-state index is 12.4. The molecule has 1 aromatic rings. The van der Waals surface area contributed by atoms with Crippen molar-refractivity contribution in [2.24, 2.45) is 0 Å². The zero-order chi connectivity index (χ0) is 11.6. The number of carbonyl (C=O) groups is 1. The molecule has 1 rings (SSSR count). The van der Waals surface area contributed by atoms with Gasteiger partial charge in [0.25, 0.3) is 6.43 Å². The molecule has 1 heterocycles. The molecule has 7 heteroatoms. The minimum atomic E-state index is -2.93. The highest BCUT2D eigenvalue weighted by molar-refractivity contribution is 6.17. The second kappa shape index (κ2) is 4.39. The topological polar surface area (TPSA) is 70.4 Å². The van der Waals surface area contributed by atoms with Gasteiger partial charge >= 0.3 is 5.97 Å². The van der Waals surface area contributed by atoms with Crippen molar-refractivity contribution < 1.29 is 23.8 Å². The smallest absolute Gasteiger partial charge is 0.358 e. The highest BCUT2D eigenvalue weighted by Gasteiger charge is 2.21. The van der Waals surface area contributed by atoms with Gasteiger partial charge in [-0.25, -0.2) is 18.6 Å². The maximum atomic E-state index is 12.4. The Hall–Kier alpha value is -1.43. The van der Waals surface area contributed by atoms with Crippen LogP contribution >= 0.6 is 11.6 Å². The van der Waals surface area contributed by atoms with E-state index in [0.29, 0.717) is 0 Å². The molecule has 0 aliphatic heterocycles. The number of carboxylic acids is 1. The molecule has 0 radical (unpaired) electrons. The summed E-state index contributed by atoms with van der Waals surface area (Å²) in [6.07, 6.45) is -2.93. The predicted molar refractivity (Wildman–Crippen MR) is 47.4 cm³/mol. The Kier molecular flexibility index (Phi) is 3.41. The highest BCUT2D eigenvalue weighted by Crippen LogP contribution is 2.27. The molecule has 0 unspecified atom stereocenters. The largest absolute Gasteiger partial charge is 0.505 e. The Bertz CT molecular complexity index is 398. The van der Waals surface area contributed by atoms with Crippen LogP contribution in [0.5, 0.6) is 5.75 Å². The van der Waals surface area contributed by atoms with Crippen molar-refractivity contribution in [3.8, 4) is 5.75 Å². The molecule has 0 saturated heterocycles. The molecule has 0 saturated carbocycles. The average Bonchev–Trinajstić information content (AvgIpc) is 2.16. The van der Waals surface area contributed by atoms with Crippen LogP contribution in [-0.2, 0) is 5.88 Å². The van der Waals surface area contributed by atoms with E-state index in [0.717, 1.165) is 6.07 Å². The van der Waals surface area contributed by atoms with Gasteiger partial charge in [0.1, 0.15) is 11.4 Å². The van der Waals surface area contributed by atoms with Gasteiger partial charge in [-0.3, -0.25) is 0 Å². The minimum Gasteiger partial charge on any atom is -0.505 e. The van der Waals surface area contributed by atoms with Gasteiger partial charge < -0.3 is 10.2 Å². The van der Waals surface area contributed by atoms with Crippen LogP contribution < -0.4 is 0 Å². The Morgan fingerprint density at radius 2 is 2.20 bits per heavy atom. The van der Waals surface area contributed by atoms with Crippen molar-refractivity contribution in [1.29, 1.82) is 0 Å². The Morgan fingerprint density at radius 1 is 1.60 bits per heavy atom. The molecule has 0 amide bonds. The number of aromatic nitrogens is 1. The lowest BCUT2D eigenvalue weighted by Crippen LogP contribution is -2.06. The van der Waals surface area contributed by atoms with Crippen molar-refractivity contribution in [2.45, 2.75) is 12.3 Å². The molecule has 4 nitrogen and oxygen atoms in total. The van der Waals surface area contributed by atoms with E-state index >= 15 is 0 Å². The van der Waals surface area contributed by atoms with Crippen molar-refractivity contribution in [3.63, 3.8) is 0 Å². The SMILES string of the molecule is O=C(O)c1nc(C(F)F)c(CCl)cc1O. The average molecular weight is 238 g/mol. The summed E-state index contributed by atoms with van der Waals surface area (Å²) in [5.41, 5.74) is -1.62. The number of hydrogen-bond donors (Lipinski definition) is 2. The van der Waals surface area contributed by atoms with E-state index in [9.17, 15) is 13.6 Å². The summed E-state index contributed by atoms with van der Waals surface area (Å²) >= 11 is 5.35. The van der Waals surface area contributed by atoms with Crippen molar-refractivity contribution in [1.82, 2.24) is 4.98 Å². The van der Waals surface area contributed by atoms with E-state index < -0.39 is 29.5 Å². The molecule has 0 atom stereocenters. The number of aromatic hydroxyl groups is 1. The first-order valence-electron chi connectivity index (χ1n) is 3.77. The van der Waals surface area contributed by atoms with E-state index in [1.54, 1.807) is 0 Å². The molecular formula is C8H6ClF2NO3. The standard InChI is InChI=1S/C8H6ClF2NO3/c9-2-3-1-4(13)6(8(14)15)12-5(3)7(10)11/h1,7,13H,2H2,(H,14,15). The van der Waals surface area contributed by atoms with Crippen LogP contribution in [0.4, 0.5) is 8.78 Å². The second-order valence-electron chi connectivity index (χ2n) is 2.64. The number of aromatic carboxylic acids is 1. The number of alkyl halides is 3. The molecule has 82 valence electrons. The van der Waals surface area contributed by atoms with Crippen LogP contribution in [0.25, 0.3) is 0 Å². The zero-order valence-electron chi connectivity index (χ0n) is 7.25. The summed E-state index contributed by atoms with van der Waals surface area (Å²) in [6, 6.07) is 0.880. The van der Waals surface area contributed by atoms with Crippen LogP contribution in [0.15, 0.2) is 6.07 Å². The Labute approximate surface area is 88.1 Å². The fourth-order valence-electron chi connectivity index (χ4n) is 1.01. The zero-order valence-corrected chi connectivity index (χ0v) is 8.00. The van der Waals surface area contributed by atoms with Crippen molar-refractivity contribution >= 4 is 17.6 Å². The van der Waals surface area contributed by atoms with Gasteiger partial charge in [-0.15, -0.1) is 11.6 Å². The van der Waals surface area contributed by atoms with Crippen LogP contribution in [0.2, 0.25) is 0 Å². The monoisotopic (exact) mass is 237 g/mol. The summed E-state index contributed by atoms with van der Waals surface area (Å²) < 4.78 is 24.8. The molecule has 0 aromatic carbocycles. The normalized spacial score (nSPS) is 10.7. The van der Waals surface area contributed by atoms with Crippen LogP contribution in [0.3, 0.4) is 0 Å². The molecule has 15 heavy (non-hydrogen) atoms. The molecule has 0 aliphatic rings. The summed E-state index contributed by atoms with van der Waals surface area (Å²) in [5.74, 6) is -2.53. The van der Waals surface area contributed by atoms with Gasteiger partial charge in [0.15, 0.2) is 5.69 Å². The van der Waals surface area contributed by atoms with Crippen molar-refractivity contribution in [2.75, 3.05) is 0 Å². The number of halogens is 3. The molecule has 0 fully saturated rings. The number of hydrogen-bond acceptors (Lipinski definition) is 3. The van der Waals surface area contributed by atoms with Crippen molar-refractivity contribution in [3.05, 3.63) is 23.0 Å². The summed E-state index contributed by atoms with van der Waals surface area (Å²) in [5, 5.41) is 17.7. The van der Waals surface area contributed by atoms with Gasteiger partial charge in [-0.2, -0.15) is 0 Å². The molecule has 0 spiro atoms. The summed E-state index contributed by atoms with van der Waals surface area (Å²) in [4.78, 5) is 13.7. The summed E-state index contributed by atoms with van der Waals surface area (Å²) in [7, 11) is 0. The first kappa shape index (κ1) is 11.6. The van der Waals surface area contributed by atoms with E-state index in [4.69, 9.17) is 21.8 Å². The third-order valence-electron chi connectivity index (χ3n) is 1.67. The third-order valence-corrected chi connectivity index (χ3v) is 1.96. The maximum Gasteiger partial charge on any atom is 0.358 e. The lowest BCUT2D eigenvalue weighted by molar-refractivity contribution is 0.0685. The number of rotatable bonds is 3. The van der Waals surface area contributed by atoms with Crippen LogP contribution in [0, 0.1) is 0 Å². The Balaban J connectivity index is 3.37. The molecular weight excluding hydrogens is 232 g/mol. The quantitative estimate of drug-likeness (QED) is 0.791. The van der Waals surface area contributed by atoms with Gasteiger partial charge in [-0.1, -0.05) is 0 Å². The van der Waals surface area contributed by atoms with E-state index in [1.807, 2.05) is 0 Å². The van der Waals surface area contributed by atoms with Gasteiger partial charge in [0, 0.05) is 5.88 Å². The minimum absolute atomic E-state index is 0.0887. The molecule has 2 N–H and O–H groups in total. The molecule has 0 bridgehead atoms. The summed E-state index contributed by atoms with van der Waals surface area (Å²) in [6.45, 7) is 0. The highest BCUT2D eigenvalue weighted by atomic mass is 35.5. The number of pyridine rings is 1. The number of carboxylic acid groups (broad SMARTS) is 1. The van der Waals surface area contributed by atoms with Gasteiger partial charge in [0.2, 0.25) is 0 Å². The molecule has 0 aliphatic carbocycles.